The van der Waals surface area contributed by atoms with Crippen LogP contribution in [0.15, 0.2) is 29.2 Å². The molecule has 0 heterocycles. The lowest BCUT2D eigenvalue weighted by Gasteiger charge is -2.16. The van der Waals surface area contributed by atoms with Gasteiger partial charge in [-0.05, 0) is 18.4 Å². The summed E-state index contributed by atoms with van der Waals surface area (Å²) in [6.45, 7) is 13.8. The summed E-state index contributed by atoms with van der Waals surface area (Å²) in [5.74, 6) is 4.16. The number of rotatable bonds is 2. The maximum Gasteiger partial charge on any atom is 0.168 e. The summed E-state index contributed by atoms with van der Waals surface area (Å²) >= 11 is 0. The molecule has 1 nitrogen and oxygen atoms in total. The number of benzene rings is 1. The molecule has 19 heavy (non-hydrogen) atoms. The van der Waals surface area contributed by atoms with E-state index in [2.05, 4.69) is 12.1 Å². The van der Waals surface area contributed by atoms with Crippen LogP contribution in [0.4, 0.5) is 0 Å². The van der Waals surface area contributed by atoms with E-state index < -0.39 is 0 Å². The molecule has 1 unspecified atom stereocenters. The van der Waals surface area contributed by atoms with Gasteiger partial charge < -0.3 is 0 Å². The minimum Gasteiger partial charge on any atom is -0.294 e. The summed E-state index contributed by atoms with van der Waals surface area (Å²) in [7, 11) is 0.0171. The van der Waals surface area contributed by atoms with Gasteiger partial charge in [-0.1, -0.05) is 66.5 Å². The number of carbonyl (C=O) groups excluding carboxylic acids is 1. The van der Waals surface area contributed by atoms with Gasteiger partial charge in [-0.3, -0.25) is 4.79 Å². The van der Waals surface area contributed by atoms with Crippen molar-refractivity contribution in [3.05, 3.63) is 29.8 Å². The van der Waals surface area contributed by atoms with Crippen molar-refractivity contribution in [2.45, 2.75) is 53.4 Å². The predicted molar refractivity (Wildman–Crippen MR) is 91.8 cm³/mol. The van der Waals surface area contributed by atoms with Crippen LogP contribution < -0.4 is 0 Å². The molecule has 0 amide bonds. The van der Waals surface area contributed by atoms with Gasteiger partial charge in [0.15, 0.2) is 5.78 Å². The van der Waals surface area contributed by atoms with Gasteiger partial charge in [-0.15, -0.1) is 0 Å². The molecule has 0 saturated heterocycles. The molecular weight excluding hydrogens is 252 g/mol. The highest BCUT2D eigenvalue weighted by molar-refractivity contribution is 8.13. The summed E-state index contributed by atoms with van der Waals surface area (Å²) in [6, 6.07) is 7.79. The summed E-state index contributed by atoms with van der Waals surface area (Å²) in [5.41, 5.74) is 0.483. The van der Waals surface area contributed by atoms with Crippen LogP contribution in [0.1, 0.15) is 58.8 Å². The van der Waals surface area contributed by atoms with Crippen LogP contribution in [-0.4, -0.2) is 17.9 Å². The first-order chi connectivity index (χ1) is 8.82. The molecular formula is C17H30OS. The fraction of sp³-hybridized carbons (Fsp3) is 0.529. The largest absolute Gasteiger partial charge is 0.294 e. The summed E-state index contributed by atoms with van der Waals surface area (Å²) in [6.07, 6.45) is 2.07. The Bertz CT molecular complexity index is 383. The van der Waals surface area contributed by atoms with Crippen molar-refractivity contribution in [1.82, 2.24) is 0 Å². The average molecular weight is 282 g/mol. The number of carbonyl (C=O) groups is 1. The third kappa shape index (κ3) is 7.31. The molecule has 0 aromatic heterocycles. The Labute approximate surface area is 122 Å². The lowest BCUT2D eigenvalue weighted by atomic mass is 9.87. The molecule has 0 bridgehead atoms. The van der Waals surface area contributed by atoms with Crippen LogP contribution >= 0.6 is 10.5 Å². The molecule has 1 atom stereocenters. The lowest BCUT2D eigenvalue weighted by Crippen LogP contribution is -2.19. The molecule has 0 N–H and O–H groups in total. The van der Waals surface area contributed by atoms with Gasteiger partial charge in [0.25, 0.3) is 0 Å². The van der Waals surface area contributed by atoms with Crippen LogP contribution in [0.5, 0.6) is 0 Å². The molecule has 0 spiro atoms. The highest BCUT2D eigenvalue weighted by Crippen LogP contribution is 2.24. The van der Waals surface area contributed by atoms with Gasteiger partial charge in [-0.2, -0.15) is 10.5 Å². The number of ketones is 1. The van der Waals surface area contributed by atoms with Gasteiger partial charge in [0.2, 0.25) is 0 Å². The molecule has 1 rings (SSSR count). The summed E-state index contributed by atoms with van der Waals surface area (Å²) < 4.78 is 0. The topological polar surface area (TPSA) is 17.1 Å². The molecule has 0 aliphatic rings. The number of hydrogen-bond donors (Lipinski definition) is 0. The average Bonchev–Trinajstić information content (AvgIpc) is 2.41. The van der Waals surface area contributed by atoms with Crippen molar-refractivity contribution in [1.29, 1.82) is 0 Å². The van der Waals surface area contributed by atoms with E-state index >= 15 is 0 Å². The molecule has 110 valence electrons. The van der Waals surface area contributed by atoms with E-state index in [0.29, 0.717) is 0 Å². The van der Waals surface area contributed by atoms with Crippen molar-refractivity contribution < 1.29 is 4.79 Å². The van der Waals surface area contributed by atoms with Crippen molar-refractivity contribution in [2.24, 2.45) is 5.41 Å². The van der Waals surface area contributed by atoms with Crippen molar-refractivity contribution in [3.8, 4) is 0 Å². The minimum atomic E-state index is -0.306. The third-order valence-corrected chi connectivity index (χ3v) is 3.28. The quantitative estimate of drug-likeness (QED) is 0.505. The molecule has 0 aliphatic carbocycles. The summed E-state index contributed by atoms with van der Waals surface area (Å²) in [5, 5.41) is 0. The van der Waals surface area contributed by atoms with E-state index in [9.17, 15) is 4.79 Å². The maximum atomic E-state index is 11.9. The standard InChI is InChI=1S/C13H18OS.2C2H6/c1-13(2,3)12(14)10-6-8-11(9-7-10)15(4)5;2*1-2/h6-9H,4H2,1-3,5H3;2*1-2H3. The molecule has 0 aliphatic heterocycles. The lowest BCUT2D eigenvalue weighted by molar-refractivity contribution is 0.0858. The second kappa shape index (κ2) is 9.96. The van der Waals surface area contributed by atoms with E-state index in [-0.39, 0.29) is 21.7 Å². The van der Waals surface area contributed by atoms with E-state index in [1.54, 1.807) is 0 Å². The smallest absolute Gasteiger partial charge is 0.168 e. The first kappa shape index (κ1) is 20.4. The van der Waals surface area contributed by atoms with E-state index in [4.69, 9.17) is 0 Å². The van der Waals surface area contributed by atoms with Crippen LogP contribution in [0, 0.1) is 5.41 Å². The van der Waals surface area contributed by atoms with Gasteiger partial charge in [0.1, 0.15) is 0 Å². The third-order valence-electron chi connectivity index (χ3n) is 2.20. The Kier molecular flexibility index (Phi) is 10.7. The Morgan fingerprint density at radius 1 is 1.00 bits per heavy atom. The van der Waals surface area contributed by atoms with Gasteiger partial charge in [0.05, 0.1) is 0 Å². The second-order valence-electron chi connectivity index (χ2n) is 4.74. The Morgan fingerprint density at radius 3 is 1.63 bits per heavy atom. The molecule has 1 aromatic rings. The Hall–Kier alpha value is -0.890. The molecule has 0 saturated carbocycles. The second-order valence-corrected chi connectivity index (χ2v) is 6.49. The zero-order valence-electron chi connectivity index (χ0n) is 13.8. The first-order valence-electron chi connectivity index (χ1n) is 6.93. The van der Waals surface area contributed by atoms with Crippen LogP contribution in [0.2, 0.25) is 0 Å². The van der Waals surface area contributed by atoms with Crippen molar-refractivity contribution in [2.75, 3.05) is 6.26 Å². The highest BCUT2D eigenvalue weighted by atomic mass is 32.2. The number of Topliss-reactive ketones (excluding diaryl/α,β-unsaturated/α-hetero) is 1. The zero-order chi connectivity index (χ0) is 15.6. The molecule has 2 heteroatoms. The molecule has 0 radical (unpaired) electrons. The Balaban J connectivity index is 0. The van der Waals surface area contributed by atoms with E-state index in [1.807, 2.05) is 72.7 Å². The zero-order valence-corrected chi connectivity index (χ0v) is 14.6. The Morgan fingerprint density at radius 2 is 1.37 bits per heavy atom. The van der Waals surface area contributed by atoms with Crippen LogP contribution in [0.25, 0.3) is 0 Å². The maximum absolute atomic E-state index is 11.9. The van der Waals surface area contributed by atoms with Crippen LogP contribution in [-0.2, 0) is 0 Å². The van der Waals surface area contributed by atoms with Gasteiger partial charge in [-0.25, -0.2) is 0 Å². The fourth-order valence-corrected chi connectivity index (χ4v) is 1.87. The predicted octanol–water partition coefficient (Wildman–Crippen LogP) is 5.66. The normalized spacial score (nSPS) is 11.4. The van der Waals surface area contributed by atoms with E-state index in [1.165, 1.54) is 4.90 Å². The number of hydrogen-bond acceptors (Lipinski definition) is 1. The van der Waals surface area contributed by atoms with Gasteiger partial charge >= 0.3 is 0 Å². The van der Waals surface area contributed by atoms with E-state index in [0.717, 1.165) is 5.56 Å². The van der Waals surface area contributed by atoms with Crippen molar-refractivity contribution in [3.63, 3.8) is 0 Å². The van der Waals surface area contributed by atoms with Gasteiger partial charge in [0, 0.05) is 15.9 Å². The van der Waals surface area contributed by atoms with Crippen LogP contribution in [0.3, 0.4) is 0 Å². The first-order valence-corrected chi connectivity index (χ1v) is 8.73. The fourth-order valence-electron chi connectivity index (χ4n) is 1.27. The molecule has 1 aromatic carbocycles. The summed E-state index contributed by atoms with van der Waals surface area (Å²) in [4.78, 5) is 13.1. The SMILES string of the molecule is C=S(C)c1ccc(C(=O)C(C)(C)C)cc1.CC.CC. The monoisotopic (exact) mass is 282 g/mol. The minimum absolute atomic E-state index is 0.0171. The highest BCUT2D eigenvalue weighted by Gasteiger charge is 2.22. The molecule has 0 fully saturated rings. The van der Waals surface area contributed by atoms with Crippen molar-refractivity contribution >= 4 is 22.1 Å².